The minimum atomic E-state index is -0.560. The van der Waals surface area contributed by atoms with Gasteiger partial charge in [0.2, 0.25) is 0 Å². The molecule has 1 amide bonds. The van der Waals surface area contributed by atoms with Crippen LogP contribution < -0.4 is 5.32 Å². The van der Waals surface area contributed by atoms with Crippen molar-refractivity contribution in [1.29, 1.82) is 0 Å². The maximum Gasteiger partial charge on any atom is 0.270 e. The van der Waals surface area contributed by atoms with Crippen LogP contribution in [0.25, 0.3) is 0 Å². The van der Waals surface area contributed by atoms with Crippen molar-refractivity contribution in [1.82, 2.24) is 10.2 Å². The minimum absolute atomic E-state index is 0.113. The largest absolute Gasteiger partial charge is 0.350 e. The molecule has 0 radical (unpaired) electrons. The van der Waals surface area contributed by atoms with E-state index in [0.717, 1.165) is 0 Å². The van der Waals surface area contributed by atoms with Gasteiger partial charge >= 0.3 is 0 Å². The van der Waals surface area contributed by atoms with Crippen LogP contribution in [0.3, 0.4) is 0 Å². The summed E-state index contributed by atoms with van der Waals surface area (Å²) in [6.07, 6.45) is 0. The van der Waals surface area contributed by atoms with Crippen molar-refractivity contribution < 1.29 is 9.72 Å². The van der Waals surface area contributed by atoms with E-state index in [1.807, 2.05) is 25.9 Å². The number of hydrogen-bond donors (Lipinski definition) is 1. The SMILES string of the molecule is CC(CNC(=O)c1cc([N+](=O)[O-])ccc1Cl)N(C)C. The van der Waals surface area contributed by atoms with Crippen molar-refractivity contribution in [3.8, 4) is 0 Å². The van der Waals surface area contributed by atoms with E-state index in [-0.39, 0.29) is 22.3 Å². The molecule has 1 unspecified atom stereocenters. The van der Waals surface area contributed by atoms with Gasteiger partial charge in [0.05, 0.1) is 15.5 Å². The van der Waals surface area contributed by atoms with Crippen molar-refractivity contribution in [2.75, 3.05) is 20.6 Å². The molecule has 0 saturated carbocycles. The first-order chi connectivity index (χ1) is 8.82. The van der Waals surface area contributed by atoms with Crippen LogP contribution >= 0.6 is 11.6 Å². The number of nitrogens with one attached hydrogen (secondary N) is 1. The van der Waals surface area contributed by atoms with Gasteiger partial charge in [-0.2, -0.15) is 0 Å². The van der Waals surface area contributed by atoms with Gasteiger partial charge in [-0.05, 0) is 27.1 Å². The molecule has 1 aromatic carbocycles. The first-order valence-electron chi connectivity index (χ1n) is 5.71. The fraction of sp³-hybridized carbons (Fsp3) is 0.417. The Balaban J connectivity index is 2.82. The van der Waals surface area contributed by atoms with E-state index in [1.54, 1.807) is 0 Å². The number of likely N-dealkylation sites (N-methyl/N-ethyl adjacent to an activating group) is 1. The summed E-state index contributed by atoms with van der Waals surface area (Å²) >= 11 is 5.88. The molecule has 0 heterocycles. The van der Waals surface area contributed by atoms with Crippen molar-refractivity contribution in [3.05, 3.63) is 38.9 Å². The summed E-state index contributed by atoms with van der Waals surface area (Å²) < 4.78 is 0. The number of nitro groups is 1. The van der Waals surface area contributed by atoms with E-state index in [9.17, 15) is 14.9 Å². The maximum absolute atomic E-state index is 11.9. The number of hydrogen-bond acceptors (Lipinski definition) is 4. The average molecular weight is 286 g/mol. The van der Waals surface area contributed by atoms with Crippen molar-refractivity contribution in [2.45, 2.75) is 13.0 Å². The van der Waals surface area contributed by atoms with Crippen LogP contribution in [0.1, 0.15) is 17.3 Å². The minimum Gasteiger partial charge on any atom is -0.350 e. The molecule has 1 aromatic rings. The maximum atomic E-state index is 11.9. The van der Waals surface area contributed by atoms with Gasteiger partial charge in [0, 0.05) is 24.7 Å². The Kier molecular flexibility index (Phi) is 5.26. The predicted octanol–water partition coefficient (Wildman–Crippen LogP) is 1.93. The molecule has 0 saturated heterocycles. The van der Waals surface area contributed by atoms with Crippen molar-refractivity contribution >= 4 is 23.2 Å². The third-order valence-electron chi connectivity index (χ3n) is 2.84. The quantitative estimate of drug-likeness (QED) is 0.662. The van der Waals surface area contributed by atoms with Gasteiger partial charge in [0.25, 0.3) is 11.6 Å². The highest BCUT2D eigenvalue weighted by molar-refractivity contribution is 6.33. The van der Waals surface area contributed by atoms with Gasteiger partial charge < -0.3 is 10.2 Å². The van der Waals surface area contributed by atoms with Crippen LogP contribution in [0, 0.1) is 10.1 Å². The van der Waals surface area contributed by atoms with Gasteiger partial charge in [-0.1, -0.05) is 11.6 Å². The molecule has 0 bridgehead atoms. The first-order valence-corrected chi connectivity index (χ1v) is 6.09. The summed E-state index contributed by atoms with van der Waals surface area (Å²) in [7, 11) is 3.80. The Morgan fingerprint density at radius 3 is 2.68 bits per heavy atom. The number of carbonyl (C=O) groups excluding carboxylic acids is 1. The number of nitrogens with zero attached hydrogens (tertiary/aromatic N) is 2. The summed E-state index contributed by atoms with van der Waals surface area (Å²) in [5, 5.41) is 13.6. The second-order valence-corrected chi connectivity index (χ2v) is 4.85. The van der Waals surface area contributed by atoms with E-state index in [4.69, 9.17) is 11.6 Å². The molecule has 104 valence electrons. The molecule has 0 spiro atoms. The fourth-order valence-electron chi connectivity index (χ4n) is 1.32. The number of benzene rings is 1. The van der Waals surface area contributed by atoms with Crippen LogP contribution in [-0.4, -0.2) is 42.4 Å². The third-order valence-corrected chi connectivity index (χ3v) is 3.17. The van der Waals surface area contributed by atoms with E-state index < -0.39 is 10.8 Å². The molecule has 19 heavy (non-hydrogen) atoms. The lowest BCUT2D eigenvalue weighted by Gasteiger charge is -2.20. The summed E-state index contributed by atoms with van der Waals surface area (Å²) in [5.74, 6) is -0.414. The van der Waals surface area contributed by atoms with Crippen molar-refractivity contribution in [3.63, 3.8) is 0 Å². The van der Waals surface area contributed by atoms with Crippen LogP contribution in [-0.2, 0) is 0 Å². The van der Waals surface area contributed by atoms with Gasteiger partial charge in [-0.3, -0.25) is 14.9 Å². The summed E-state index contributed by atoms with van der Waals surface area (Å²) in [6.45, 7) is 2.39. The Bertz CT molecular complexity index is 491. The van der Waals surface area contributed by atoms with Gasteiger partial charge in [-0.15, -0.1) is 0 Å². The number of halogens is 1. The predicted molar refractivity (Wildman–Crippen MR) is 73.6 cm³/mol. The van der Waals surface area contributed by atoms with Gasteiger partial charge in [0.15, 0.2) is 0 Å². The molecule has 7 heteroatoms. The molecule has 1 atom stereocenters. The third kappa shape index (κ3) is 4.18. The Morgan fingerprint density at radius 1 is 1.53 bits per heavy atom. The zero-order chi connectivity index (χ0) is 14.6. The average Bonchev–Trinajstić information content (AvgIpc) is 2.35. The summed E-state index contributed by atoms with van der Waals surface area (Å²) in [6, 6.07) is 3.95. The lowest BCUT2D eigenvalue weighted by Crippen LogP contribution is -2.38. The Hall–Kier alpha value is -1.66. The number of nitro benzene ring substituents is 1. The first kappa shape index (κ1) is 15.4. The molecule has 0 aliphatic carbocycles. The van der Waals surface area contributed by atoms with Gasteiger partial charge in [0.1, 0.15) is 0 Å². The van der Waals surface area contributed by atoms with E-state index >= 15 is 0 Å². The molecular weight excluding hydrogens is 270 g/mol. The van der Waals surface area contributed by atoms with Crippen LogP contribution in [0.5, 0.6) is 0 Å². The van der Waals surface area contributed by atoms with E-state index in [0.29, 0.717) is 6.54 Å². The van der Waals surface area contributed by atoms with E-state index in [2.05, 4.69) is 5.32 Å². The van der Waals surface area contributed by atoms with Crippen LogP contribution in [0.15, 0.2) is 18.2 Å². The monoisotopic (exact) mass is 285 g/mol. The number of rotatable bonds is 5. The normalized spacial score (nSPS) is 12.3. The molecular formula is C12H16ClN3O3. The number of non-ortho nitro benzene ring substituents is 1. The highest BCUT2D eigenvalue weighted by Crippen LogP contribution is 2.21. The second kappa shape index (κ2) is 6.49. The van der Waals surface area contributed by atoms with Crippen LogP contribution in [0.2, 0.25) is 5.02 Å². The molecule has 0 fully saturated rings. The van der Waals surface area contributed by atoms with Crippen LogP contribution in [0.4, 0.5) is 5.69 Å². The molecule has 1 rings (SSSR count). The highest BCUT2D eigenvalue weighted by atomic mass is 35.5. The second-order valence-electron chi connectivity index (χ2n) is 4.44. The summed E-state index contributed by atoms with van der Waals surface area (Å²) in [5.41, 5.74) is -0.0444. The topological polar surface area (TPSA) is 75.5 Å². The fourth-order valence-corrected chi connectivity index (χ4v) is 1.52. The highest BCUT2D eigenvalue weighted by Gasteiger charge is 2.16. The summed E-state index contributed by atoms with van der Waals surface area (Å²) in [4.78, 5) is 24.0. The van der Waals surface area contributed by atoms with Gasteiger partial charge in [-0.25, -0.2) is 0 Å². The Morgan fingerprint density at radius 2 is 2.16 bits per heavy atom. The molecule has 0 aliphatic heterocycles. The molecule has 1 N–H and O–H groups in total. The zero-order valence-corrected chi connectivity index (χ0v) is 11.8. The standard InChI is InChI=1S/C12H16ClN3O3/c1-8(15(2)3)7-14-12(17)10-6-9(16(18)19)4-5-11(10)13/h4-6,8H,7H2,1-3H3,(H,14,17). The lowest BCUT2D eigenvalue weighted by molar-refractivity contribution is -0.384. The zero-order valence-electron chi connectivity index (χ0n) is 11.0. The lowest BCUT2D eigenvalue weighted by atomic mass is 10.2. The number of amides is 1. The molecule has 0 aromatic heterocycles. The molecule has 0 aliphatic rings. The Labute approximate surface area is 116 Å². The van der Waals surface area contributed by atoms with E-state index in [1.165, 1.54) is 18.2 Å². The number of carbonyl (C=O) groups is 1. The smallest absolute Gasteiger partial charge is 0.270 e. The molecule has 6 nitrogen and oxygen atoms in total. The van der Waals surface area contributed by atoms with Crippen molar-refractivity contribution in [2.24, 2.45) is 0 Å².